The molecule has 0 saturated heterocycles. The van der Waals surface area contributed by atoms with E-state index < -0.39 is 0 Å². The summed E-state index contributed by atoms with van der Waals surface area (Å²) in [4.78, 5) is 13.0. The summed E-state index contributed by atoms with van der Waals surface area (Å²) in [6.07, 6.45) is 18.6. The first kappa shape index (κ1) is 30.0. The molecule has 42 heavy (non-hydrogen) atoms. The van der Waals surface area contributed by atoms with Crippen LogP contribution in [0.5, 0.6) is 5.75 Å². The maximum Gasteiger partial charge on any atom is 0.331 e. The van der Waals surface area contributed by atoms with E-state index in [0.29, 0.717) is 28.1 Å². The smallest absolute Gasteiger partial charge is 0.331 e. The molecule has 0 aliphatic heterocycles. The van der Waals surface area contributed by atoms with E-state index in [1.807, 2.05) is 5.57 Å². The fourth-order valence-electron chi connectivity index (χ4n) is 12.0. The van der Waals surface area contributed by atoms with Gasteiger partial charge in [-0.25, -0.2) is 4.79 Å². The second kappa shape index (κ2) is 9.73. The van der Waals surface area contributed by atoms with Crippen LogP contribution in [0.3, 0.4) is 0 Å². The molecule has 1 aromatic carbocycles. The predicted octanol–water partition coefficient (Wildman–Crippen LogP) is 10.1. The molecule has 0 spiro atoms. The van der Waals surface area contributed by atoms with Crippen molar-refractivity contribution in [3.05, 3.63) is 47.6 Å². The number of phenols is 1. The van der Waals surface area contributed by atoms with Crippen LogP contribution in [0.1, 0.15) is 125 Å². The topological polar surface area (TPSA) is 46.5 Å². The minimum absolute atomic E-state index is 0.0650. The summed E-state index contributed by atoms with van der Waals surface area (Å²) >= 11 is 0. The van der Waals surface area contributed by atoms with Crippen molar-refractivity contribution < 1.29 is 14.6 Å². The van der Waals surface area contributed by atoms with Gasteiger partial charge in [-0.15, -0.1) is 0 Å². The Balaban J connectivity index is 1.23. The molecule has 5 aliphatic rings. The third kappa shape index (κ3) is 4.54. The molecular formula is C39H56O3. The number of hydrogen-bond donors (Lipinski definition) is 1. The lowest BCUT2D eigenvalue weighted by molar-refractivity contribution is -0.197. The normalized spacial score (nSPS) is 43.8. The number of benzene rings is 1. The van der Waals surface area contributed by atoms with Gasteiger partial charge in [0.05, 0.1) is 0 Å². The molecule has 8 atom stereocenters. The zero-order valence-electron chi connectivity index (χ0n) is 27.7. The Morgan fingerprint density at radius 1 is 0.810 bits per heavy atom. The lowest BCUT2D eigenvalue weighted by Crippen LogP contribution is -2.63. The van der Waals surface area contributed by atoms with E-state index in [2.05, 4.69) is 61.5 Å². The number of carbonyl (C=O) groups is 1. The first-order chi connectivity index (χ1) is 19.5. The standard InChI is InChI=1S/C39H56O3/c1-34(2)23-24-36(5)19-15-29-38(7)20-16-28-35(3,4)32(42-33(41)14-11-26-9-12-27(40)13-10-26)18-22-37(28,6)30(38)17-21-39(29,8)31(36)25-34/h9-15,28,30-32,40H,16-25H2,1-8H3/b14-11-/t28-,30+,31+,32+,36-,37-,38-,39+/m0/s1. The zero-order chi connectivity index (χ0) is 30.3. The van der Waals surface area contributed by atoms with E-state index in [0.717, 1.165) is 24.3 Å². The predicted molar refractivity (Wildman–Crippen MR) is 172 cm³/mol. The maximum absolute atomic E-state index is 13.0. The van der Waals surface area contributed by atoms with Gasteiger partial charge in [0, 0.05) is 11.5 Å². The Labute approximate surface area is 255 Å². The van der Waals surface area contributed by atoms with Crippen LogP contribution in [0.2, 0.25) is 0 Å². The van der Waals surface area contributed by atoms with Crippen molar-refractivity contribution in [1.29, 1.82) is 0 Å². The Morgan fingerprint density at radius 2 is 1.45 bits per heavy atom. The second-order valence-corrected chi connectivity index (χ2v) is 17.6. The highest BCUT2D eigenvalue weighted by Crippen LogP contribution is 2.75. The summed E-state index contributed by atoms with van der Waals surface area (Å²) in [6, 6.07) is 6.89. The van der Waals surface area contributed by atoms with Crippen molar-refractivity contribution in [2.45, 2.75) is 126 Å². The van der Waals surface area contributed by atoms with Gasteiger partial charge in [0.1, 0.15) is 11.9 Å². The number of phenolic OH excluding ortho intramolecular Hbond substituents is 1. The van der Waals surface area contributed by atoms with Gasteiger partial charge in [-0.3, -0.25) is 0 Å². The molecule has 6 rings (SSSR count). The van der Waals surface area contributed by atoms with E-state index in [-0.39, 0.29) is 34.1 Å². The minimum Gasteiger partial charge on any atom is -0.508 e. The lowest BCUT2D eigenvalue weighted by Gasteiger charge is -2.70. The number of rotatable bonds is 3. The molecule has 0 bridgehead atoms. The molecule has 0 heterocycles. The maximum atomic E-state index is 13.0. The summed E-state index contributed by atoms with van der Waals surface area (Å²) in [5.41, 5.74) is 4.41. The number of allylic oxidation sites excluding steroid dienone is 2. The Hall–Kier alpha value is -2.03. The Bertz CT molecular complexity index is 1280. The van der Waals surface area contributed by atoms with Crippen LogP contribution in [0.4, 0.5) is 0 Å². The Morgan fingerprint density at radius 3 is 2.14 bits per heavy atom. The average molecular weight is 573 g/mol. The second-order valence-electron chi connectivity index (χ2n) is 17.6. The van der Waals surface area contributed by atoms with Crippen LogP contribution in [0.15, 0.2) is 42.0 Å². The van der Waals surface area contributed by atoms with Crippen molar-refractivity contribution in [1.82, 2.24) is 0 Å². The monoisotopic (exact) mass is 572 g/mol. The fourth-order valence-corrected chi connectivity index (χ4v) is 12.0. The minimum atomic E-state index is -0.260. The van der Waals surface area contributed by atoms with Gasteiger partial charge >= 0.3 is 5.97 Å². The molecule has 1 N–H and O–H groups in total. The molecule has 5 aliphatic carbocycles. The molecule has 0 aromatic heterocycles. The molecule has 1 aromatic rings. The van der Waals surface area contributed by atoms with Gasteiger partial charge in [-0.1, -0.05) is 79.2 Å². The number of esters is 1. The highest BCUT2D eigenvalue weighted by Gasteiger charge is 2.67. The van der Waals surface area contributed by atoms with Crippen LogP contribution in [-0.4, -0.2) is 17.2 Å². The summed E-state index contributed by atoms with van der Waals surface area (Å²) in [7, 11) is 0. The van der Waals surface area contributed by atoms with E-state index in [4.69, 9.17) is 4.74 Å². The van der Waals surface area contributed by atoms with Crippen LogP contribution >= 0.6 is 0 Å². The van der Waals surface area contributed by atoms with E-state index in [1.54, 1.807) is 36.4 Å². The quantitative estimate of drug-likeness (QED) is 0.223. The van der Waals surface area contributed by atoms with Crippen molar-refractivity contribution in [2.24, 2.45) is 50.2 Å². The highest BCUT2D eigenvalue weighted by molar-refractivity contribution is 5.87. The third-order valence-electron chi connectivity index (χ3n) is 14.2. The van der Waals surface area contributed by atoms with Crippen molar-refractivity contribution in [3.63, 3.8) is 0 Å². The summed E-state index contributed by atoms with van der Waals surface area (Å²) in [6.45, 7) is 20.3. The van der Waals surface area contributed by atoms with Gasteiger partial charge in [0.15, 0.2) is 0 Å². The molecule has 0 amide bonds. The van der Waals surface area contributed by atoms with Gasteiger partial charge < -0.3 is 9.84 Å². The first-order valence-corrected chi connectivity index (χ1v) is 16.9. The molecule has 0 radical (unpaired) electrons. The number of aromatic hydroxyl groups is 1. The fraction of sp³-hybridized carbons (Fsp3) is 0.718. The summed E-state index contributed by atoms with van der Waals surface area (Å²) in [5, 5.41) is 9.54. The average Bonchev–Trinajstić information content (AvgIpc) is 2.90. The molecular weight excluding hydrogens is 516 g/mol. The molecule has 4 saturated carbocycles. The van der Waals surface area contributed by atoms with Gasteiger partial charge in [0.2, 0.25) is 0 Å². The SMILES string of the molecule is CC1(C)CC[C@]2(C)CC=C3[C@]4(C)CC[C@H]5C(C)(C)[C@H](OC(=O)/C=C\c6ccc(O)cc6)CC[C@]5(C)[C@H]4CC[C@@]3(C)[C@@H]2C1. The number of hydrogen-bond acceptors (Lipinski definition) is 3. The van der Waals surface area contributed by atoms with Crippen LogP contribution < -0.4 is 0 Å². The number of carbonyl (C=O) groups excluding carboxylic acids is 1. The largest absolute Gasteiger partial charge is 0.508 e. The zero-order valence-corrected chi connectivity index (χ0v) is 27.7. The van der Waals surface area contributed by atoms with E-state index >= 15 is 0 Å². The van der Waals surface area contributed by atoms with Gasteiger partial charge in [-0.2, -0.15) is 0 Å². The van der Waals surface area contributed by atoms with Gasteiger partial charge in [0.25, 0.3) is 0 Å². The molecule has 230 valence electrons. The van der Waals surface area contributed by atoms with Crippen molar-refractivity contribution >= 4 is 12.0 Å². The Kier molecular flexibility index (Phi) is 6.96. The molecule has 3 nitrogen and oxygen atoms in total. The lowest BCUT2D eigenvalue weighted by atomic mass is 9.34. The van der Waals surface area contributed by atoms with Crippen molar-refractivity contribution in [2.75, 3.05) is 0 Å². The van der Waals surface area contributed by atoms with E-state index in [1.165, 1.54) is 51.4 Å². The summed E-state index contributed by atoms with van der Waals surface area (Å²) in [5.74, 6) is 1.99. The number of ether oxygens (including phenoxy) is 1. The summed E-state index contributed by atoms with van der Waals surface area (Å²) < 4.78 is 6.21. The van der Waals surface area contributed by atoms with Crippen molar-refractivity contribution in [3.8, 4) is 5.75 Å². The highest BCUT2D eigenvalue weighted by atomic mass is 16.5. The first-order valence-electron chi connectivity index (χ1n) is 16.9. The number of fused-ring (bicyclic) bond motifs is 7. The molecule has 4 fully saturated rings. The van der Waals surface area contributed by atoms with E-state index in [9.17, 15) is 9.90 Å². The van der Waals surface area contributed by atoms with Crippen LogP contribution in [0, 0.1) is 50.2 Å². The van der Waals surface area contributed by atoms with Gasteiger partial charge in [-0.05, 0) is 133 Å². The molecule has 3 heteroatoms. The molecule has 0 unspecified atom stereocenters. The van der Waals surface area contributed by atoms with Crippen LogP contribution in [-0.2, 0) is 9.53 Å². The third-order valence-corrected chi connectivity index (χ3v) is 14.2. The van der Waals surface area contributed by atoms with Crippen LogP contribution in [0.25, 0.3) is 6.08 Å².